The molecule has 1 aromatic rings. The molecule has 6 heteroatoms. The molecule has 3 rings (SSSR count). The summed E-state index contributed by atoms with van der Waals surface area (Å²) in [6.45, 7) is 0.737. The maximum absolute atomic E-state index is 12.2. The summed E-state index contributed by atoms with van der Waals surface area (Å²) in [4.78, 5) is 12.2. The van der Waals surface area contributed by atoms with Crippen molar-refractivity contribution in [3.63, 3.8) is 0 Å². The van der Waals surface area contributed by atoms with Crippen molar-refractivity contribution in [3.05, 3.63) is 21.0 Å². The Morgan fingerprint density at radius 3 is 2.84 bits per heavy atom. The van der Waals surface area contributed by atoms with Crippen molar-refractivity contribution in [2.24, 2.45) is 11.7 Å². The van der Waals surface area contributed by atoms with Crippen LogP contribution in [-0.4, -0.2) is 21.9 Å². The molecule has 0 radical (unpaired) electrons. The topological polar surface area (TPSA) is 72.9 Å². The zero-order valence-corrected chi connectivity index (χ0v) is 12.4. The van der Waals surface area contributed by atoms with Gasteiger partial charge in [-0.3, -0.25) is 4.79 Å². The van der Waals surface area contributed by atoms with E-state index in [-0.39, 0.29) is 17.6 Å². The third-order valence-electron chi connectivity index (χ3n) is 4.02. The minimum absolute atomic E-state index is 0.0523. The highest BCUT2D eigenvalue weighted by atomic mass is 79.9. The van der Waals surface area contributed by atoms with Gasteiger partial charge in [-0.1, -0.05) is 0 Å². The number of nitrogens with two attached hydrogens (primary N) is 1. The van der Waals surface area contributed by atoms with Gasteiger partial charge in [0.2, 0.25) is 0 Å². The first kappa shape index (κ1) is 13.1. The molecular weight excluding hydrogens is 308 g/mol. The molecular formula is C13H19BrN4O. The normalized spacial score (nSPS) is 26.6. The van der Waals surface area contributed by atoms with E-state index in [2.05, 4.69) is 26.3 Å². The second-order valence-electron chi connectivity index (χ2n) is 5.65. The van der Waals surface area contributed by atoms with Gasteiger partial charge in [-0.15, -0.1) is 0 Å². The Morgan fingerprint density at radius 1 is 1.42 bits per heavy atom. The smallest absolute Gasteiger partial charge is 0.283 e. The Kier molecular flexibility index (Phi) is 3.62. The SMILES string of the molecule is NC1CCCC1Nc1cnn(CC2CC2)c(=O)c1Br. The van der Waals surface area contributed by atoms with Crippen molar-refractivity contribution in [1.29, 1.82) is 0 Å². The largest absolute Gasteiger partial charge is 0.378 e. The van der Waals surface area contributed by atoms with Gasteiger partial charge in [-0.05, 0) is 54.0 Å². The predicted octanol–water partition coefficient (Wildman–Crippen LogP) is 1.71. The van der Waals surface area contributed by atoms with E-state index in [1.165, 1.54) is 12.8 Å². The predicted molar refractivity (Wildman–Crippen MR) is 78.2 cm³/mol. The molecule has 0 aromatic carbocycles. The Morgan fingerprint density at radius 2 is 2.21 bits per heavy atom. The Labute approximate surface area is 120 Å². The average Bonchev–Trinajstić information content (AvgIpc) is 3.12. The van der Waals surface area contributed by atoms with E-state index < -0.39 is 0 Å². The van der Waals surface area contributed by atoms with Gasteiger partial charge in [0, 0.05) is 18.6 Å². The highest BCUT2D eigenvalue weighted by Crippen LogP contribution is 2.30. The highest BCUT2D eigenvalue weighted by Gasteiger charge is 2.26. The maximum Gasteiger partial charge on any atom is 0.283 e. The Balaban J connectivity index is 1.78. The van der Waals surface area contributed by atoms with Crippen LogP contribution in [0.15, 0.2) is 15.5 Å². The lowest BCUT2D eigenvalue weighted by atomic mass is 10.2. The van der Waals surface area contributed by atoms with Gasteiger partial charge < -0.3 is 11.1 Å². The highest BCUT2D eigenvalue weighted by molar-refractivity contribution is 9.10. The third kappa shape index (κ3) is 2.84. The minimum atomic E-state index is -0.0523. The van der Waals surface area contributed by atoms with Crippen molar-refractivity contribution in [3.8, 4) is 0 Å². The molecule has 0 bridgehead atoms. The molecule has 2 unspecified atom stereocenters. The number of anilines is 1. The van der Waals surface area contributed by atoms with E-state index in [9.17, 15) is 4.79 Å². The molecule has 2 saturated carbocycles. The van der Waals surface area contributed by atoms with Crippen LogP contribution in [0.25, 0.3) is 0 Å². The Bertz CT molecular complexity index is 526. The monoisotopic (exact) mass is 326 g/mol. The molecule has 2 aliphatic rings. The van der Waals surface area contributed by atoms with Crippen molar-refractivity contribution < 1.29 is 0 Å². The number of nitrogens with one attached hydrogen (secondary N) is 1. The van der Waals surface area contributed by atoms with E-state index in [0.717, 1.165) is 31.5 Å². The number of halogens is 1. The zero-order chi connectivity index (χ0) is 13.4. The van der Waals surface area contributed by atoms with Crippen molar-refractivity contribution in [1.82, 2.24) is 9.78 Å². The van der Waals surface area contributed by atoms with Gasteiger partial charge in [0.25, 0.3) is 5.56 Å². The van der Waals surface area contributed by atoms with Gasteiger partial charge in [-0.25, -0.2) is 4.68 Å². The Hall–Kier alpha value is -0.880. The first-order valence-electron chi connectivity index (χ1n) is 6.93. The van der Waals surface area contributed by atoms with Gasteiger partial charge in [0.1, 0.15) is 4.47 Å². The van der Waals surface area contributed by atoms with Crippen LogP contribution in [0.3, 0.4) is 0 Å². The quantitative estimate of drug-likeness (QED) is 0.883. The first-order chi connectivity index (χ1) is 9.15. The van der Waals surface area contributed by atoms with Crippen LogP contribution in [0.2, 0.25) is 0 Å². The summed E-state index contributed by atoms with van der Waals surface area (Å²) >= 11 is 3.39. The van der Waals surface area contributed by atoms with Crippen molar-refractivity contribution in [2.45, 2.75) is 50.7 Å². The number of aromatic nitrogens is 2. The van der Waals surface area contributed by atoms with Crippen LogP contribution in [0.1, 0.15) is 32.1 Å². The fraction of sp³-hybridized carbons (Fsp3) is 0.692. The van der Waals surface area contributed by atoms with Crippen molar-refractivity contribution >= 4 is 21.6 Å². The summed E-state index contributed by atoms with van der Waals surface area (Å²) in [6, 6.07) is 0.414. The summed E-state index contributed by atoms with van der Waals surface area (Å²) in [5.41, 5.74) is 6.75. The molecule has 2 aliphatic carbocycles. The van der Waals surface area contributed by atoms with E-state index in [0.29, 0.717) is 10.4 Å². The molecule has 1 aromatic heterocycles. The zero-order valence-electron chi connectivity index (χ0n) is 10.8. The lowest BCUT2D eigenvalue weighted by Crippen LogP contribution is -2.36. The van der Waals surface area contributed by atoms with E-state index >= 15 is 0 Å². The van der Waals surface area contributed by atoms with E-state index in [1.807, 2.05) is 0 Å². The van der Waals surface area contributed by atoms with Gasteiger partial charge in [0.15, 0.2) is 0 Å². The molecule has 2 atom stereocenters. The van der Waals surface area contributed by atoms with Crippen LogP contribution in [0, 0.1) is 5.92 Å². The minimum Gasteiger partial charge on any atom is -0.378 e. The lowest BCUT2D eigenvalue weighted by Gasteiger charge is -2.19. The van der Waals surface area contributed by atoms with E-state index in [4.69, 9.17) is 5.73 Å². The lowest BCUT2D eigenvalue weighted by molar-refractivity contribution is 0.531. The van der Waals surface area contributed by atoms with Crippen LogP contribution < -0.4 is 16.6 Å². The fourth-order valence-electron chi connectivity index (χ4n) is 2.61. The van der Waals surface area contributed by atoms with E-state index in [1.54, 1.807) is 10.9 Å². The number of hydrogen-bond donors (Lipinski definition) is 2. The fourth-order valence-corrected chi connectivity index (χ4v) is 3.03. The molecule has 5 nitrogen and oxygen atoms in total. The van der Waals surface area contributed by atoms with Gasteiger partial charge in [-0.2, -0.15) is 5.10 Å². The van der Waals surface area contributed by atoms with Crippen LogP contribution >= 0.6 is 15.9 Å². The molecule has 1 heterocycles. The number of nitrogens with zero attached hydrogens (tertiary/aromatic N) is 2. The van der Waals surface area contributed by atoms with Crippen LogP contribution in [0.4, 0.5) is 5.69 Å². The number of rotatable bonds is 4. The summed E-state index contributed by atoms with van der Waals surface area (Å²) in [5.74, 6) is 0.638. The third-order valence-corrected chi connectivity index (χ3v) is 4.79. The first-order valence-corrected chi connectivity index (χ1v) is 7.72. The second-order valence-corrected chi connectivity index (χ2v) is 6.44. The van der Waals surface area contributed by atoms with Crippen molar-refractivity contribution in [2.75, 3.05) is 5.32 Å². The molecule has 0 spiro atoms. The molecule has 0 aliphatic heterocycles. The van der Waals surface area contributed by atoms with Gasteiger partial charge in [0.05, 0.1) is 11.9 Å². The van der Waals surface area contributed by atoms with Crippen LogP contribution in [0.5, 0.6) is 0 Å². The molecule has 3 N–H and O–H groups in total. The molecule has 19 heavy (non-hydrogen) atoms. The maximum atomic E-state index is 12.2. The standard InChI is InChI=1S/C13H19BrN4O/c14-12-11(17-10-3-1-2-9(10)15)6-16-18(13(12)19)7-8-4-5-8/h6,8-10,17H,1-5,7,15H2. The van der Waals surface area contributed by atoms with Gasteiger partial charge >= 0.3 is 0 Å². The summed E-state index contributed by atoms with van der Waals surface area (Å²) in [5, 5.41) is 7.61. The second kappa shape index (κ2) is 5.25. The summed E-state index contributed by atoms with van der Waals surface area (Å²) in [7, 11) is 0. The summed E-state index contributed by atoms with van der Waals surface area (Å²) in [6.07, 6.45) is 7.40. The summed E-state index contributed by atoms with van der Waals surface area (Å²) < 4.78 is 2.13. The van der Waals surface area contributed by atoms with Crippen LogP contribution in [-0.2, 0) is 6.54 Å². The molecule has 0 saturated heterocycles. The average molecular weight is 327 g/mol. The number of hydrogen-bond acceptors (Lipinski definition) is 4. The molecule has 0 amide bonds. The molecule has 104 valence electrons. The molecule has 2 fully saturated rings.